The van der Waals surface area contributed by atoms with E-state index in [1.807, 2.05) is 0 Å². The third-order valence-electron chi connectivity index (χ3n) is 12.3. The zero-order valence-corrected chi connectivity index (χ0v) is 35.3. The van der Waals surface area contributed by atoms with Crippen LogP contribution in [0.4, 0.5) is 34.1 Å². The molecule has 0 aliphatic rings. The second-order valence-electron chi connectivity index (χ2n) is 16.1. The molecule has 0 saturated carbocycles. The molecular weight excluding hydrogens is 773 g/mol. The Hall–Kier alpha value is -8.46. The first-order valence-electron chi connectivity index (χ1n) is 21.9. The zero-order chi connectivity index (χ0) is 42.7. The second kappa shape index (κ2) is 17.1. The minimum atomic E-state index is 1.09. The molecule has 64 heavy (non-hydrogen) atoms. The van der Waals surface area contributed by atoms with Crippen LogP contribution in [0.15, 0.2) is 267 Å². The first-order valence-corrected chi connectivity index (χ1v) is 21.9. The van der Waals surface area contributed by atoms with Crippen LogP contribution in [0.3, 0.4) is 0 Å². The van der Waals surface area contributed by atoms with E-state index >= 15 is 0 Å². The molecule has 0 fully saturated rings. The fourth-order valence-electron chi connectivity index (χ4n) is 9.10. The lowest BCUT2D eigenvalue weighted by Gasteiger charge is -2.28. The summed E-state index contributed by atoms with van der Waals surface area (Å²) >= 11 is 0. The smallest absolute Gasteiger partial charge is 0.0540 e. The summed E-state index contributed by atoms with van der Waals surface area (Å²) in [6.07, 6.45) is 0. The van der Waals surface area contributed by atoms with Crippen molar-refractivity contribution in [1.82, 2.24) is 0 Å². The van der Waals surface area contributed by atoms with E-state index in [9.17, 15) is 0 Å². The van der Waals surface area contributed by atoms with Crippen LogP contribution in [0.2, 0.25) is 0 Å². The van der Waals surface area contributed by atoms with Gasteiger partial charge in [-0.1, -0.05) is 206 Å². The van der Waals surface area contributed by atoms with Crippen molar-refractivity contribution in [3.63, 3.8) is 0 Å². The van der Waals surface area contributed by atoms with E-state index in [4.69, 9.17) is 0 Å². The summed E-state index contributed by atoms with van der Waals surface area (Å²) < 4.78 is 0. The number of benzene rings is 11. The third-order valence-corrected chi connectivity index (χ3v) is 12.3. The highest BCUT2D eigenvalue weighted by atomic mass is 15.1. The highest BCUT2D eigenvalue weighted by Crippen LogP contribution is 2.44. The van der Waals surface area contributed by atoms with Crippen LogP contribution in [-0.4, -0.2) is 0 Å². The first-order chi connectivity index (χ1) is 31.7. The van der Waals surface area contributed by atoms with Gasteiger partial charge in [-0.05, 0) is 116 Å². The van der Waals surface area contributed by atoms with Gasteiger partial charge in [0.1, 0.15) is 0 Å². The van der Waals surface area contributed by atoms with Crippen molar-refractivity contribution in [2.75, 3.05) is 9.80 Å². The Bertz CT molecular complexity index is 3330. The predicted octanol–water partition coefficient (Wildman–Crippen LogP) is 17.6. The van der Waals surface area contributed by atoms with Gasteiger partial charge in [-0.2, -0.15) is 0 Å². The van der Waals surface area contributed by atoms with E-state index in [2.05, 4.69) is 277 Å². The summed E-state index contributed by atoms with van der Waals surface area (Å²) in [5.74, 6) is 0. The van der Waals surface area contributed by atoms with E-state index in [-0.39, 0.29) is 0 Å². The van der Waals surface area contributed by atoms with Crippen LogP contribution >= 0.6 is 0 Å². The minimum Gasteiger partial charge on any atom is -0.310 e. The lowest BCUT2D eigenvalue weighted by molar-refractivity contribution is 1.29. The Morgan fingerprint density at radius 2 is 0.531 bits per heavy atom. The maximum absolute atomic E-state index is 2.40. The van der Waals surface area contributed by atoms with Gasteiger partial charge in [0, 0.05) is 33.5 Å². The molecule has 0 aromatic heterocycles. The average Bonchev–Trinajstić information content (AvgIpc) is 3.38. The van der Waals surface area contributed by atoms with E-state index in [0.717, 1.165) is 45.3 Å². The van der Waals surface area contributed by atoms with Crippen LogP contribution in [0.1, 0.15) is 0 Å². The third kappa shape index (κ3) is 7.48. The van der Waals surface area contributed by atoms with Gasteiger partial charge in [-0.3, -0.25) is 0 Å². The Morgan fingerprint density at radius 3 is 0.984 bits per heavy atom. The number of anilines is 6. The number of fused-ring (bicyclic) bond motifs is 2. The predicted molar refractivity (Wildman–Crippen MR) is 273 cm³/mol. The molecule has 0 saturated heterocycles. The van der Waals surface area contributed by atoms with Gasteiger partial charge in [0.25, 0.3) is 0 Å². The number of nitrogens with zero attached hydrogens (tertiary/aromatic N) is 2. The van der Waals surface area contributed by atoms with Crippen LogP contribution < -0.4 is 9.80 Å². The highest BCUT2D eigenvalue weighted by Gasteiger charge is 2.20. The molecule has 0 bridgehead atoms. The Morgan fingerprint density at radius 1 is 0.203 bits per heavy atom. The van der Waals surface area contributed by atoms with Crippen LogP contribution in [0, 0.1) is 0 Å². The van der Waals surface area contributed by atoms with Crippen molar-refractivity contribution in [3.8, 4) is 44.5 Å². The van der Waals surface area contributed by atoms with Gasteiger partial charge >= 0.3 is 0 Å². The molecular formula is C62H44N2. The largest absolute Gasteiger partial charge is 0.310 e. The lowest BCUT2D eigenvalue weighted by atomic mass is 9.93. The topological polar surface area (TPSA) is 6.48 Å². The number of hydrogen-bond donors (Lipinski definition) is 0. The number of hydrogen-bond acceptors (Lipinski definition) is 2. The average molecular weight is 817 g/mol. The van der Waals surface area contributed by atoms with Gasteiger partial charge in [0.05, 0.1) is 11.4 Å². The molecule has 2 heteroatoms. The molecule has 2 nitrogen and oxygen atoms in total. The second-order valence-corrected chi connectivity index (χ2v) is 16.1. The van der Waals surface area contributed by atoms with Gasteiger partial charge in [-0.15, -0.1) is 0 Å². The molecule has 0 amide bonds. The molecule has 0 spiro atoms. The first kappa shape index (κ1) is 38.5. The normalized spacial score (nSPS) is 11.1. The van der Waals surface area contributed by atoms with E-state index < -0.39 is 0 Å². The van der Waals surface area contributed by atoms with Crippen molar-refractivity contribution >= 4 is 55.7 Å². The fraction of sp³-hybridized carbons (Fsp3) is 0. The van der Waals surface area contributed by atoms with E-state index in [1.165, 1.54) is 54.9 Å². The van der Waals surface area contributed by atoms with Gasteiger partial charge < -0.3 is 9.80 Å². The molecule has 0 atom stereocenters. The minimum absolute atomic E-state index is 1.09. The maximum Gasteiger partial charge on any atom is 0.0540 e. The molecule has 0 aliphatic heterocycles. The maximum atomic E-state index is 2.40. The fourth-order valence-corrected chi connectivity index (χ4v) is 9.10. The standard InChI is InChI=1S/C62H44N2/c1-4-16-45(17-5-1)46-30-36-53(37-31-46)63(61-28-14-24-50-22-10-12-26-58(50)61)54-38-32-47(33-39-54)48-34-40-55(41-35-48)64(62-29-15-25-51-23-11-13-27-59(51)62)56-42-43-57(49-18-6-2-7-19-49)60(44-56)52-20-8-3-9-21-52/h1-44H. The summed E-state index contributed by atoms with van der Waals surface area (Å²) in [7, 11) is 0. The molecule has 11 aromatic rings. The summed E-state index contributed by atoms with van der Waals surface area (Å²) in [6, 6.07) is 96.3. The summed E-state index contributed by atoms with van der Waals surface area (Å²) in [5.41, 5.74) is 16.1. The monoisotopic (exact) mass is 816 g/mol. The Kier molecular flexibility index (Phi) is 10.3. The van der Waals surface area contributed by atoms with Crippen LogP contribution in [0.25, 0.3) is 66.1 Å². The Balaban J connectivity index is 0.979. The Labute approximate surface area is 375 Å². The van der Waals surface area contributed by atoms with Crippen molar-refractivity contribution < 1.29 is 0 Å². The van der Waals surface area contributed by atoms with Gasteiger partial charge in [0.2, 0.25) is 0 Å². The van der Waals surface area contributed by atoms with Gasteiger partial charge in [0.15, 0.2) is 0 Å². The quantitative estimate of drug-likeness (QED) is 0.136. The SMILES string of the molecule is c1ccc(-c2ccc(N(c3ccc(-c4ccc(N(c5ccc(-c6ccccc6)c(-c6ccccc6)c5)c5cccc6ccccc56)cc4)cc3)c3cccc4ccccc34)cc2)cc1. The summed E-state index contributed by atoms with van der Waals surface area (Å²) in [6.45, 7) is 0. The molecule has 0 aliphatic carbocycles. The zero-order valence-electron chi connectivity index (χ0n) is 35.3. The van der Waals surface area contributed by atoms with Crippen molar-refractivity contribution in [2.24, 2.45) is 0 Å². The molecule has 11 rings (SSSR count). The molecule has 0 N–H and O–H groups in total. The molecule has 0 radical (unpaired) electrons. The van der Waals surface area contributed by atoms with Crippen molar-refractivity contribution in [3.05, 3.63) is 267 Å². The summed E-state index contributed by atoms with van der Waals surface area (Å²) in [4.78, 5) is 4.78. The van der Waals surface area contributed by atoms with Crippen molar-refractivity contribution in [1.29, 1.82) is 0 Å². The van der Waals surface area contributed by atoms with Crippen LogP contribution in [0.5, 0.6) is 0 Å². The lowest BCUT2D eigenvalue weighted by Crippen LogP contribution is -2.11. The molecule has 11 aromatic carbocycles. The molecule has 0 unspecified atom stereocenters. The van der Waals surface area contributed by atoms with Crippen LogP contribution in [-0.2, 0) is 0 Å². The van der Waals surface area contributed by atoms with E-state index in [0.29, 0.717) is 0 Å². The van der Waals surface area contributed by atoms with Crippen molar-refractivity contribution in [2.45, 2.75) is 0 Å². The number of rotatable bonds is 10. The molecule has 302 valence electrons. The molecule has 0 heterocycles. The highest BCUT2D eigenvalue weighted by molar-refractivity contribution is 6.01. The van der Waals surface area contributed by atoms with E-state index in [1.54, 1.807) is 0 Å². The summed E-state index contributed by atoms with van der Waals surface area (Å²) in [5, 5.41) is 4.82. The van der Waals surface area contributed by atoms with Gasteiger partial charge in [-0.25, -0.2) is 0 Å².